The maximum atomic E-state index is 14.2. The van der Waals surface area contributed by atoms with Crippen molar-refractivity contribution in [3.05, 3.63) is 95.6 Å². The van der Waals surface area contributed by atoms with E-state index >= 15 is 0 Å². The Hall–Kier alpha value is -4.53. The average Bonchev–Trinajstić information content (AvgIpc) is 3.02. The number of urea groups is 1. The third-order valence-corrected chi connectivity index (χ3v) is 8.11. The fourth-order valence-corrected chi connectivity index (χ4v) is 5.35. The van der Waals surface area contributed by atoms with Gasteiger partial charge in [0, 0.05) is 51.8 Å². The number of nitrogens with one attached hydrogen (secondary N) is 1. The SMILES string of the molecule is CCC(=O)N1C(N(C)C(=O)NCc2ccccc2)CN(Cc2cccc(N(C)C(C)C)c2)C(=O)[C@@H]1Cc1ccc(O)cc1. The average molecular weight is 586 g/mol. The van der Waals surface area contributed by atoms with Gasteiger partial charge >= 0.3 is 6.03 Å². The zero-order valence-electron chi connectivity index (χ0n) is 25.7. The van der Waals surface area contributed by atoms with Crippen LogP contribution in [-0.2, 0) is 29.1 Å². The number of rotatable bonds is 10. The third-order valence-electron chi connectivity index (χ3n) is 8.11. The molecule has 1 aliphatic heterocycles. The fourth-order valence-electron chi connectivity index (χ4n) is 5.35. The summed E-state index contributed by atoms with van der Waals surface area (Å²) in [5.74, 6) is -0.252. The molecule has 43 heavy (non-hydrogen) atoms. The van der Waals surface area contributed by atoms with Crippen molar-refractivity contribution in [3.8, 4) is 5.75 Å². The predicted octanol–water partition coefficient (Wildman–Crippen LogP) is 4.60. The first-order valence-electron chi connectivity index (χ1n) is 14.8. The van der Waals surface area contributed by atoms with E-state index in [0.29, 0.717) is 19.1 Å². The number of anilines is 1. The minimum atomic E-state index is -0.818. The van der Waals surface area contributed by atoms with Gasteiger partial charge in [0.25, 0.3) is 0 Å². The summed E-state index contributed by atoms with van der Waals surface area (Å²) in [5, 5.41) is 12.8. The van der Waals surface area contributed by atoms with Crippen molar-refractivity contribution in [2.75, 3.05) is 25.5 Å². The Kier molecular flexibility index (Phi) is 10.3. The monoisotopic (exact) mass is 585 g/mol. The molecule has 0 aromatic heterocycles. The molecule has 9 nitrogen and oxygen atoms in total. The highest BCUT2D eigenvalue weighted by molar-refractivity contribution is 5.90. The number of hydrogen-bond acceptors (Lipinski definition) is 5. The molecule has 228 valence electrons. The van der Waals surface area contributed by atoms with E-state index in [1.54, 1.807) is 48.0 Å². The van der Waals surface area contributed by atoms with Gasteiger partial charge in [-0.15, -0.1) is 0 Å². The zero-order chi connectivity index (χ0) is 31.1. The Labute approximate surface area is 254 Å². The number of carbonyl (C=O) groups excluding carboxylic acids is 3. The first-order valence-corrected chi connectivity index (χ1v) is 14.8. The number of piperazine rings is 1. The molecule has 1 aliphatic rings. The van der Waals surface area contributed by atoms with Gasteiger partial charge in [-0.2, -0.15) is 0 Å². The van der Waals surface area contributed by atoms with Crippen molar-refractivity contribution in [2.45, 2.75) is 65.0 Å². The van der Waals surface area contributed by atoms with Crippen molar-refractivity contribution in [1.82, 2.24) is 20.0 Å². The van der Waals surface area contributed by atoms with Crippen LogP contribution in [0.1, 0.15) is 43.9 Å². The Morgan fingerprint density at radius 2 is 1.63 bits per heavy atom. The number of carbonyl (C=O) groups is 3. The van der Waals surface area contributed by atoms with Crippen molar-refractivity contribution in [2.24, 2.45) is 0 Å². The van der Waals surface area contributed by atoms with Crippen LogP contribution in [0.15, 0.2) is 78.9 Å². The first-order chi connectivity index (χ1) is 20.6. The molecule has 4 rings (SSSR count). The summed E-state index contributed by atoms with van der Waals surface area (Å²) in [4.78, 5) is 48.1. The lowest BCUT2D eigenvalue weighted by Gasteiger charge is -2.49. The molecular weight excluding hydrogens is 542 g/mol. The molecular formula is C34H43N5O4. The predicted molar refractivity (Wildman–Crippen MR) is 168 cm³/mol. The van der Waals surface area contributed by atoms with Crippen LogP contribution in [0.4, 0.5) is 10.5 Å². The lowest BCUT2D eigenvalue weighted by atomic mass is 9.98. The van der Waals surface area contributed by atoms with Gasteiger partial charge in [0.1, 0.15) is 18.0 Å². The summed E-state index contributed by atoms with van der Waals surface area (Å²) in [7, 11) is 3.71. The van der Waals surface area contributed by atoms with Crippen molar-refractivity contribution in [1.29, 1.82) is 0 Å². The topological polar surface area (TPSA) is 96.4 Å². The van der Waals surface area contributed by atoms with Crippen molar-refractivity contribution < 1.29 is 19.5 Å². The molecule has 0 radical (unpaired) electrons. The summed E-state index contributed by atoms with van der Waals surface area (Å²) in [6.07, 6.45) is -0.226. The number of likely N-dealkylation sites (N-methyl/N-ethyl adjacent to an activating group) is 1. The summed E-state index contributed by atoms with van der Waals surface area (Å²) < 4.78 is 0. The van der Waals surface area contributed by atoms with Crippen LogP contribution in [-0.4, -0.2) is 76.5 Å². The van der Waals surface area contributed by atoms with Gasteiger partial charge in [0.05, 0.1) is 6.54 Å². The summed E-state index contributed by atoms with van der Waals surface area (Å²) >= 11 is 0. The van der Waals surface area contributed by atoms with Gasteiger partial charge in [-0.05, 0) is 54.8 Å². The maximum Gasteiger partial charge on any atom is 0.319 e. The van der Waals surface area contributed by atoms with E-state index in [-0.39, 0.29) is 43.0 Å². The molecule has 0 bridgehead atoms. The lowest BCUT2D eigenvalue weighted by molar-refractivity contribution is -0.161. The van der Waals surface area contributed by atoms with Crippen LogP contribution >= 0.6 is 0 Å². The fraction of sp³-hybridized carbons (Fsp3) is 0.382. The van der Waals surface area contributed by atoms with Crippen LogP contribution in [0.25, 0.3) is 0 Å². The van der Waals surface area contributed by atoms with Crippen LogP contribution in [0.3, 0.4) is 0 Å². The van der Waals surface area contributed by atoms with E-state index in [4.69, 9.17) is 0 Å². The number of benzene rings is 3. The van der Waals surface area contributed by atoms with Gasteiger partial charge < -0.3 is 30.0 Å². The van der Waals surface area contributed by atoms with Gasteiger partial charge in [-0.1, -0.05) is 61.5 Å². The summed E-state index contributed by atoms with van der Waals surface area (Å²) in [5.41, 5.74) is 3.78. The minimum Gasteiger partial charge on any atom is -0.508 e. The Morgan fingerprint density at radius 3 is 2.28 bits per heavy atom. The Morgan fingerprint density at radius 1 is 0.953 bits per heavy atom. The largest absolute Gasteiger partial charge is 0.508 e. The Bertz CT molecular complexity index is 1400. The first kappa shape index (κ1) is 31.4. The van der Waals surface area contributed by atoms with Crippen LogP contribution in [0.2, 0.25) is 0 Å². The highest BCUT2D eigenvalue weighted by Gasteiger charge is 2.45. The summed E-state index contributed by atoms with van der Waals surface area (Å²) in [6, 6.07) is 23.6. The molecule has 0 saturated carbocycles. The zero-order valence-corrected chi connectivity index (χ0v) is 25.7. The van der Waals surface area contributed by atoms with E-state index in [9.17, 15) is 19.5 Å². The van der Waals surface area contributed by atoms with E-state index in [1.807, 2.05) is 55.6 Å². The number of phenols is 1. The molecule has 1 heterocycles. The van der Waals surface area contributed by atoms with Gasteiger partial charge in [-0.3, -0.25) is 9.59 Å². The molecule has 1 fully saturated rings. The van der Waals surface area contributed by atoms with Crippen molar-refractivity contribution in [3.63, 3.8) is 0 Å². The number of hydrogen-bond donors (Lipinski definition) is 2. The number of amides is 4. The van der Waals surface area contributed by atoms with Crippen LogP contribution in [0.5, 0.6) is 5.75 Å². The van der Waals surface area contributed by atoms with E-state index in [2.05, 4.69) is 30.1 Å². The van der Waals surface area contributed by atoms with Gasteiger partial charge in [-0.25, -0.2) is 4.79 Å². The molecule has 3 aromatic carbocycles. The Balaban J connectivity index is 1.66. The second-order valence-corrected chi connectivity index (χ2v) is 11.4. The molecule has 3 aromatic rings. The second kappa shape index (κ2) is 14.1. The van der Waals surface area contributed by atoms with E-state index < -0.39 is 12.2 Å². The van der Waals surface area contributed by atoms with E-state index in [1.165, 1.54) is 4.90 Å². The normalized spacial score (nSPS) is 16.7. The van der Waals surface area contributed by atoms with Crippen molar-refractivity contribution >= 4 is 23.5 Å². The smallest absolute Gasteiger partial charge is 0.319 e. The van der Waals surface area contributed by atoms with Crippen LogP contribution in [0, 0.1) is 0 Å². The highest BCUT2D eigenvalue weighted by atomic mass is 16.3. The third kappa shape index (κ3) is 7.66. The number of aromatic hydroxyl groups is 1. The van der Waals surface area contributed by atoms with E-state index in [0.717, 1.165) is 22.4 Å². The van der Waals surface area contributed by atoms with Gasteiger partial charge in [0.15, 0.2) is 0 Å². The van der Waals surface area contributed by atoms with Crippen LogP contribution < -0.4 is 10.2 Å². The number of nitrogens with zero attached hydrogens (tertiary/aromatic N) is 4. The maximum absolute atomic E-state index is 14.2. The molecule has 0 aliphatic carbocycles. The molecule has 9 heteroatoms. The number of phenolic OH excluding ortho intramolecular Hbond substituents is 1. The van der Waals surface area contributed by atoms with Gasteiger partial charge in [0.2, 0.25) is 11.8 Å². The lowest BCUT2D eigenvalue weighted by Crippen LogP contribution is -2.69. The molecule has 2 N–H and O–H groups in total. The minimum absolute atomic E-state index is 0.126. The summed E-state index contributed by atoms with van der Waals surface area (Å²) in [6.45, 7) is 6.87. The second-order valence-electron chi connectivity index (χ2n) is 11.4. The quantitative estimate of drug-likeness (QED) is 0.363. The molecule has 0 spiro atoms. The standard InChI is InChI=1S/C34H43N5O4/c1-6-32(41)39-30(20-25-15-17-29(40)18-16-25)33(42)38(22-27-13-10-14-28(19-27)36(4)24(2)3)23-31(39)37(5)34(43)35-21-26-11-8-7-9-12-26/h7-19,24,30-31,40H,6,20-23H2,1-5H3,(H,35,43)/t30-,31?/m0/s1. The highest BCUT2D eigenvalue weighted by Crippen LogP contribution is 2.27. The molecule has 4 amide bonds. The molecule has 1 saturated heterocycles. The molecule has 2 atom stereocenters. The molecule has 1 unspecified atom stereocenters.